The topological polar surface area (TPSA) is 72.5 Å². The fourth-order valence-electron chi connectivity index (χ4n) is 3.93. The first-order valence-electron chi connectivity index (χ1n) is 9.70. The third-order valence-corrected chi connectivity index (χ3v) is 6.57. The molecule has 1 saturated heterocycles. The van der Waals surface area contributed by atoms with E-state index < -0.39 is 0 Å². The number of nitriles is 1. The summed E-state index contributed by atoms with van der Waals surface area (Å²) in [6.07, 6.45) is 3.38. The molecule has 0 unspecified atom stereocenters. The second kappa shape index (κ2) is 7.47. The maximum Gasteiger partial charge on any atom is 0.231 e. The third kappa shape index (κ3) is 3.35. The summed E-state index contributed by atoms with van der Waals surface area (Å²) in [6.45, 7) is 4.33. The van der Waals surface area contributed by atoms with Gasteiger partial charge in [-0.25, -0.2) is 4.98 Å². The number of quaternary nitrogens is 1. The summed E-state index contributed by atoms with van der Waals surface area (Å²) in [7, 11) is 0. The molecule has 5 rings (SSSR count). The van der Waals surface area contributed by atoms with E-state index in [4.69, 9.17) is 24.7 Å². The van der Waals surface area contributed by atoms with Gasteiger partial charge in [0.25, 0.3) is 0 Å². The highest BCUT2D eigenvalue weighted by Crippen LogP contribution is 2.41. The molecule has 0 spiro atoms. The molecule has 6 nitrogen and oxygen atoms in total. The second-order valence-corrected chi connectivity index (χ2v) is 8.34. The monoisotopic (exact) mass is 393 g/mol. The number of rotatable bonds is 4. The van der Waals surface area contributed by atoms with E-state index in [1.165, 1.54) is 21.8 Å². The molecule has 3 aromatic rings. The van der Waals surface area contributed by atoms with E-state index in [-0.39, 0.29) is 0 Å². The van der Waals surface area contributed by atoms with Crippen molar-refractivity contribution in [1.82, 2.24) is 9.97 Å². The fourth-order valence-corrected chi connectivity index (χ4v) is 5.20. The molecule has 0 bridgehead atoms. The molecule has 0 saturated carbocycles. The molecule has 1 N–H and O–H groups in total. The van der Waals surface area contributed by atoms with Crippen molar-refractivity contribution in [1.29, 1.82) is 5.26 Å². The van der Waals surface area contributed by atoms with Gasteiger partial charge in [-0.05, 0) is 49.1 Å². The molecular formula is C21H21N4O2S+. The Balaban J connectivity index is 1.53. The number of aryl methyl sites for hydroxylation is 2. The van der Waals surface area contributed by atoms with Gasteiger partial charge < -0.3 is 14.4 Å². The smallest absolute Gasteiger partial charge is 0.231 e. The Morgan fingerprint density at radius 2 is 1.96 bits per heavy atom. The highest BCUT2D eigenvalue weighted by Gasteiger charge is 2.25. The van der Waals surface area contributed by atoms with Gasteiger partial charge in [-0.2, -0.15) is 10.2 Å². The van der Waals surface area contributed by atoms with E-state index >= 15 is 0 Å². The van der Waals surface area contributed by atoms with Gasteiger partial charge in [0, 0.05) is 4.88 Å². The molecule has 7 heteroatoms. The number of aromatic nitrogens is 2. The first-order chi connectivity index (χ1) is 13.8. The number of morpholine rings is 1. The summed E-state index contributed by atoms with van der Waals surface area (Å²) in [6, 6.07) is 9.33. The van der Waals surface area contributed by atoms with Gasteiger partial charge in [0.1, 0.15) is 30.2 Å². The number of fused-ring (bicyclic) bond motifs is 3. The number of nitrogens with one attached hydrogen (secondary N) is 1. The van der Waals surface area contributed by atoms with Crippen molar-refractivity contribution >= 4 is 21.6 Å². The molecule has 1 fully saturated rings. The van der Waals surface area contributed by atoms with Gasteiger partial charge in [-0.3, -0.25) is 0 Å². The average Bonchev–Trinajstić information content (AvgIpc) is 3.30. The van der Waals surface area contributed by atoms with Crippen molar-refractivity contribution < 1.29 is 14.4 Å². The zero-order valence-corrected chi connectivity index (χ0v) is 16.3. The lowest BCUT2D eigenvalue weighted by Gasteiger charge is -2.23. The fraction of sp³-hybridized carbons (Fsp3) is 0.381. The van der Waals surface area contributed by atoms with Crippen LogP contribution >= 0.6 is 11.3 Å². The standard InChI is InChI=1S/C21H20N4O2S/c22-12-14-4-6-15(7-5-14)27-20-19-16-2-1-3-17(16)28-21(19)24-18(23-20)13-25-8-10-26-11-9-25/h4-7H,1-3,8-11,13H2/p+1. The van der Waals surface area contributed by atoms with Crippen molar-refractivity contribution in [3.63, 3.8) is 0 Å². The van der Waals surface area contributed by atoms with Gasteiger partial charge in [-0.15, -0.1) is 11.3 Å². The van der Waals surface area contributed by atoms with E-state index in [9.17, 15) is 0 Å². The van der Waals surface area contributed by atoms with Gasteiger partial charge >= 0.3 is 0 Å². The Morgan fingerprint density at radius 1 is 1.14 bits per heavy atom. The SMILES string of the molecule is N#Cc1ccc(Oc2nc(C[NH+]3CCOCC3)nc3sc4c(c23)CCC4)cc1. The summed E-state index contributed by atoms with van der Waals surface area (Å²) >= 11 is 1.79. The number of thiophene rings is 1. The Kier molecular flexibility index (Phi) is 4.69. The molecule has 1 aromatic carbocycles. The van der Waals surface area contributed by atoms with Gasteiger partial charge in [-0.1, -0.05) is 0 Å². The molecule has 3 heterocycles. The van der Waals surface area contributed by atoms with Crippen LogP contribution in [0.15, 0.2) is 24.3 Å². The van der Waals surface area contributed by atoms with Crippen molar-refractivity contribution in [2.45, 2.75) is 25.8 Å². The Bertz CT molecular complexity index is 1050. The zero-order valence-electron chi connectivity index (χ0n) is 15.5. The van der Waals surface area contributed by atoms with Gasteiger partial charge in [0.15, 0.2) is 5.82 Å². The summed E-state index contributed by atoms with van der Waals surface area (Å²) < 4.78 is 11.7. The lowest BCUT2D eigenvalue weighted by atomic mass is 10.2. The lowest BCUT2D eigenvalue weighted by Crippen LogP contribution is -3.12. The minimum absolute atomic E-state index is 0.619. The highest BCUT2D eigenvalue weighted by molar-refractivity contribution is 7.19. The summed E-state index contributed by atoms with van der Waals surface area (Å²) in [5.41, 5.74) is 1.97. The van der Waals surface area contributed by atoms with Crippen LogP contribution in [0.3, 0.4) is 0 Å². The highest BCUT2D eigenvalue weighted by atomic mass is 32.1. The molecule has 0 radical (unpaired) electrons. The van der Waals surface area contributed by atoms with E-state index in [0.717, 1.165) is 61.7 Å². The van der Waals surface area contributed by atoms with Crippen LogP contribution in [0.25, 0.3) is 10.2 Å². The van der Waals surface area contributed by atoms with Crippen LogP contribution in [-0.2, 0) is 24.1 Å². The lowest BCUT2D eigenvalue weighted by molar-refractivity contribution is -0.922. The molecule has 0 amide bonds. The predicted octanol–water partition coefficient (Wildman–Crippen LogP) is 2.26. The van der Waals surface area contributed by atoms with Crippen molar-refractivity contribution in [2.24, 2.45) is 0 Å². The van der Waals surface area contributed by atoms with Crippen molar-refractivity contribution in [3.05, 3.63) is 46.1 Å². The van der Waals surface area contributed by atoms with Gasteiger partial charge in [0.05, 0.1) is 30.2 Å². The number of hydrogen-bond acceptors (Lipinski definition) is 6. The van der Waals surface area contributed by atoms with E-state index in [1.807, 2.05) is 12.1 Å². The maximum atomic E-state index is 9.01. The van der Waals surface area contributed by atoms with Crippen molar-refractivity contribution in [3.8, 4) is 17.7 Å². The second-order valence-electron chi connectivity index (χ2n) is 7.26. The molecular weight excluding hydrogens is 372 g/mol. The number of ether oxygens (including phenoxy) is 2. The predicted molar refractivity (Wildman–Crippen MR) is 106 cm³/mol. The third-order valence-electron chi connectivity index (χ3n) is 5.38. The average molecular weight is 393 g/mol. The van der Waals surface area contributed by atoms with E-state index in [0.29, 0.717) is 17.2 Å². The number of benzene rings is 1. The molecule has 28 heavy (non-hydrogen) atoms. The molecule has 0 atom stereocenters. The molecule has 142 valence electrons. The van der Waals surface area contributed by atoms with Crippen LogP contribution in [0.2, 0.25) is 0 Å². The van der Waals surface area contributed by atoms with Crippen molar-refractivity contribution in [2.75, 3.05) is 26.3 Å². The van der Waals surface area contributed by atoms with Gasteiger partial charge in [0.2, 0.25) is 5.88 Å². The molecule has 2 aliphatic rings. The van der Waals surface area contributed by atoms with Crippen LogP contribution in [0.5, 0.6) is 11.6 Å². The minimum atomic E-state index is 0.619. The Morgan fingerprint density at radius 3 is 2.75 bits per heavy atom. The minimum Gasteiger partial charge on any atom is -0.438 e. The van der Waals surface area contributed by atoms with E-state index in [2.05, 4.69) is 6.07 Å². The first-order valence-corrected chi connectivity index (χ1v) is 10.5. The van der Waals surface area contributed by atoms with Crippen LogP contribution in [0, 0.1) is 11.3 Å². The maximum absolute atomic E-state index is 9.01. The summed E-state index contributed by atoms with van der Waals surface area (Å²) in [4.78, 5) is 13.6. The zero-order chi connectivity index (χ0) is 18.9. The largest absolute Gasteiger partial charge is 0.438 e. The van der Waals surface area contributed by atoms with Crippen LogP contribution in [0.1, 0.15) is 28.2 Å². The molecule has 1 aliphatic carbocycles. The first kappa shape index (κ1) is 17.6. The Hall–Kier alpha value is -2.53. The number of nitrogens with zero attached hydrogens (tertiary/aromatic N) is 3. The Labute approximate surface area is 167 Å². The summed E-state index contributed by atoms with van der Waals surface area (Å²) in [5, 5.41) is 10.1. The number of hydrogen-bond donors (Lipinski definition) is 1. The normalized spacial score (nSPS) is 16.8. The molecule has 1 aliphatic heterocycles. The van der Waals surface area contributed by atoms with Crippen LogP contribution < -0.4 is 9.64 Å². The molecule has 2 aromatic heterocycles. The van der Waals surface area contributed by atoms with Crippen LogP contribution in [-0.4, -0.2) is 36.3 Å². The van der Waals surface area contributed by atoms with E-state index in [1.54, 1.807) is 23.5 Å². The quantitative estimate of drug-likeness (QED) is 0.736. The summed E-state index contributed by atoms with van der Waals surface area (Å²) in [5.74, 6) is 2.17. The van der Waals surface area contributed by atoms with Crippen LogP contribution in [0.4, 0.5) is 0 Å².